The number of nitrogen functional groups attached to an aromatic ring is 1. The van der Waals surface area contributed by atoms with Crippen molar-refractivity contribution in [3.8, 4) is 0 Å². The molecule has 0 radical (unpaired) electrons. The molecular formula is C29H28ClN9O8. The summed E-state index contributed by atoms with van der Waals surface area (Å²) in [5.74, 6) is -3.55. The van der Waals surface area contributed by atoms with Gasteiger partial charge in [-0.3, -0.25) is 19.2 Å². The maximum atomic E-state index is 12.7. The molecule has 0 aliphatic heterocycles. The number of aromatic nitrogens is 4. The number of anilines is 3. The van der Waals surface area contributed by atoms with Gasteiger partial charge in [-0.1, -0.05) is 29.5 Å². The van der Waals surface area contributed by atoms with E-state index in [9.17, 15) is 33.9 Å². The van der Waals surface area contributed by atoms with E-state index >= 15 is 0 Å². The van der Waals surface area contributed by atoms with E-state index in [1.807, 2.05) is 12.1 Å². The zero-order valence-electron chi connectivity index (χ0n) is 24.7. The zero-order valence-corrected chi connectivity index (χ0v) is 25.5. The Morgan fingerprint density at radius 2 is 1.72 bits per heavy atom. The van der Waals surface area contributed by atoms with Gasteiger partial charge in [-0.2, -0.15) is 4.52 Å². The number of carbonyl (C=O) groups excluding carboxylic acids is 3. The minimum atomic E-state index is -1.40. The number of nitrogens with zero attached hydrogens (tertiary/aromatic N) is 4. The van der Waals surface area contributed by atoms with Crippen LogP contribution in [-0.2, 0) is 11.3 Å². The highest BCUT2D eigenvalue weighted by Crippen LogP contribution is 2.19. The molecule has 244 valence electrons. The average molecular weight is 666 g/mol. The normalized spacial score (nSPS) is 11.0. The summed E-state index contributed by atoms with van der Waals surface area (Å²) in [7, 11) is 1.27. The number of carbonyl (C=O) groups is 4. The summed E-state index contributed by atoms with van der Waals surface area (Å²) in [5, 5.41) is 21.9. The van der Waals surface area contributed by atoms with Crippen molar-refractivity contribution in [2.45, 2.75) is 19.5 Å². The number of fused-ring (bicyclic) bond motifs is 1. The fourth-order valence-electron chi connectivity index (χ4n) is 4.14. The summed E-state index contributed by atoms with van der Waals surface area (Å²) < 4.78 is 5.45. The molecule has 5 aromatic rings. The van der Waals surface area contributed by atoms with Crippen LogP contribution in [0.4, 0.5) is 17.1 Å². The molecule has 0 spiro atoms. The van der Waals surface area contributed by atoms with E-state index in [0.717, 1.165) is 16.1 Å². The average Bonchev–Trinajstić information content (AvgIpc) is 3.50. The smallest absolute Gasteiger partial charge is 0.354 e. The number of methoxy groups -OCH3 is 1. The molecule has 17 nitrogen and oxygen atoms in total. The number of benzene rings is 2. The minimum absolute atomic E-state index is 0. The number of nitrogens with one attached hydrogen (secondary N) is 2. The number of ether oxygens (including phenoxy) is 1. The molecular weight excluding hydrogens is 638 g/mol. The second-order valence-corrected chi connectivity index (χ2v) is 9.65. The Morgan fingerprint density at radius 3 is 2.30 bits per heavy atom. The van der Waals surface area contributed by atoms with Crippen LogP contribution in [0.1, 0.15) is 65.9 Å². The van der Waals surface area contributed by atoms with Gasteiger partial charge < -0.3 is 37.7 Å². The molecule has 2 heterocycles. The van der Waals surface area contributed by atoms with E-state index in [1.54, 1.807) is 43.3 Å². The highest BCUT2D eigenvalue weighted by Gasteiger charge is 2.23. The molecule has 0 bridgehead atoms. The van der Waals surface area contributed by atoms with E-state index in [-0.39, 0.29) is 40.8 Å². The highest BCUT2D eigenvalue weighted by atomic mass is 35.5. The Balaban J connectivity index is 0.000000298. The van der Waals surface area contributed by atoms with Crippen LogP contribution in [0, 0.1) is 0 Å². The summed E-state index contributed by atoms with van der Waals surface area (Å²) in [6.45, 7) is 2.10. The van der Waals surface area contributed by atoms with Crippen molar-refractivity contribution in [1.82, 2.24) is 25.1 Å². The third kappa shape index (κ3) is 7.55. The quantitative estimate of drug-likeness (QED) is 0.0933. The second-order valence-electron chi connectivity index (χ2n) is 9.65. The van der Waals surface area contributed by atoms with Crippen LogP contribution < -0.4 is 38.7 Å². The largest absolute Gasteiger partial charge is 0.477 e. The molecule has 0 saturated heterocycles. The van der Waals surface area contributed by atoms with Crippen LogP contribution in [0.2, 0.25) is 0 Å². The molecule has 1 atom stereocenters. The Morgan fingerprint density at radius 1 is 1.04 bits per heavy atom. The summed E-state index contributed by atoms with van der Waals surface area (Å²) in [4.78, 5) is 73.2. The topological polar surface area (TPSA) is 277 Å². The molecule has 0 aliphatic carbocycles. The van der Waals surface area contributed by atoms with Gasteiger partial charge in [-0.25, -0.2) is 14.6 Å². The number of primary amides is 1. The molecule has 0 aliphatic rings. The van der Waals surface area contributed by atoms with Gasteiger partial charge in [-0.05, 0) is 42.3 Å². The van der Waals surface area contributed by atoms with E-state index in [4.69, 9.17) is 17.2 Å². The van der Waals surface area contributed by atoms with Gasteiger partial charge in [0.25, 0.3) is 22.7 Å². The Labute approximate surface area is 270 Å². The third-order valence-electron chi connectivity index (χ3n) is 6.62. The number of hydrogen-bond acceptors (Lipinski definition) is 13. The van der Waals surface area contributed by atoms with Crippen LogP contribution in [0.3, 0.4) is 0 Å². The number of amides is 2. The van der Waals surface area contributed by atoms with E-state index in [1.165, 1.54) is 7.11 Å². The summed E-state index contributed by atoms with van der Waals surface area (Å²) in [6.07, 6.45) is 0. The Hall–Kier alpha value is -6.20. The standard InChI is InChI=1S/C18H16N6O6.C11H11N3O2.ClH/c1-8(9-3-5-10(6-4-9)18(29)30-2)20-16(26)11-7-12(17(27)28)24-15(21-11)13(14(19)25)22-23-24;12-5-6-2-1-3-7(4-6)14-9-8(13)10(15)11(9)16;/h3-8H,1-2H3,(H2,19,25)(H,20,26)(H,27,28);1-4,14H,5,12-13H2;1H/t8-;;/m0../s1. The number of halogens is 1. The van der Waals surface area contributed by atoms with Gasteiger partial charge in [-0.15, -0.1) is 17.5 Å². The fourth-order valence-corrected chi connectivity index (χ4v) is 4.14. The van der Waals surface area contributed by atoms with Crippen molar-refractivity contribution in [2.24, 2.45) is 11.5 Å². The van der Waals surface area contributed by atoms with Crippen LogP contribution in [0.25, 0.3) is 5.65 Å². The van der Waals surface area contributed by atoms with Crippen molar-refractivity contribution in [2.75, 3.05) is 18.2 Å². The number of nitrogens with two attached hydrogens (primary N) is 3. The van der Waals surface area contributed by atoms with Crippen molar-refractivity contribution >= 4 is 58.9 Å². The van der Waals surface area contributed by atoms with Crippen molar-refractivity contribution in [3.05, 3.63) is 109 Å². The lowest BCUT2D eigenvalue weighted by atomic mass is 10.1. The Bertz CT molecular complexity index is 2050. The maximum absolute atomic E-state index is 12.7. The van der Waals surface area contributed by atoms with Crippen molar-refractivity contribution in [3.63, 3.8) is 0 Å². The summed E-state index contributed by atoms with van der Waals surface area (Å²) >= 11 is 0. The van der Waals surface area contributed by atoms with E-state index in [2.05, 4.69) is 30.7 Å². The van der Waals surface area contributed by atoms with Gasteiger partial charge in [0.1, 0.15) is 17.1 Å². The monoisotopic (exact) mass is 665 g/mol. The molecule has 2 amide bonds. The van der Waals surface area contributed by atoms with Crippen LogP contribution in [-0.4, -0.2) is 55.8 Å². The molecule has 9 N–H and O–H groups in total. The molecule has 3 aromatic carbocycles. The number of carboxylic acids is 1. The molecule has 0 saturated carbocycles. The maximum Gasteiger partial charge on any atom is 0.354 e. The van der Waals surface area contributed by atoms with Gasteiger partial charge in [0.05, 0.1) is 18.7 Å². The number of hydrogen-bond donors (Lipinski definition) is 6. The van der Waals surface area contributed by atoms with Crippen LogP contribution >= 0.6 is 12.4 Å². The fraction of sp³-hybridized carbons (Fsp3) is 0.138. The molecule has 0 fully saturated rings. The number of carboxylic acid groups (broad SMARTS) is 1. The lowest BCUT2D eigenvalue weighted by molar-refractivity contribution is 0.0599. The molecule has 2 aromatic heterocycles. The molecule has 18 heteroatoms. The minimum Gasteiger partial charge on any atom is -0.477 e. The zero-order chi connectivity index (χ0) is 33.7. The molecule has 47 heavy (non-hydrogen) atoms. The SMILES string of the molecule is COC(=O)c1ccc([C@H](C)NC(=O)c2cc(C(=O)O)n3nnc(C(N)=O)c3n2)cc1.Cl.NCc1cccc(Nc2c(N)c(=O)c2=O)c1. The van der Waals surface area contributed by atoms with Crippen LogP contribution in [0.15, 0.2) is 64.2 Å². The van der Waals surface area contributed by atoms with Crippen molar-refractivity contribution in [1.29, 1.82) is 0 Å². The van der Waals surface area contributed by atoms with Gasteiger partial charge in [0.2, 0.25) is 0 Å². The Kier molecular flexibility index (Phi) is 11.0. The van der Waals surface area contributed by atoms with E-state index < -0.39 is 46.3 Å². The lowest BCUT2D eigenvalue weighted by Crippen LogP contribution is -2.36. The van der Waals surface area contributed by atoms with Crippen molar-refractivity contribution < 1.29 is 29.0 Å². The molecule has 5 rings (SSSR count). The summed E-state index contributed by atoms with van der Waals surface area (Å²) in [5.41, 5.74) is 16.4. The van der Waals surface area contributed by atoms with Gasteiger partial charge >= 0.3 is 11.9 Å². The molecule has 0 unspecified atom stereocenters. The first-order valence-electron chi connectivity index (χ1n) is 13.3. The second kappa shape index (κ2) is 14.7. The number of esters is 1. The summed E-state index contributed by atoms with van der Waals surface area (Å²) in [6, 6.07) is 14.1. The first kappa shape index (κ1) is 35.3. The first-order valence-corrected chi connectivity index (χ1v) is 13.3. The predicted octanol–water partition coefficient (Wildman–Crippen LogP) is 0.688. The number of aromatic carboxylic acids is 1. The number of rotatable bonds is 9. The van der Waals surface area contributed by atoms with Crippen LogP contribution in [0.5, 0.6) is 0 Å². The predicted molar refractivity (Wildman–Crippen MR) is 171 cm³/mol. The van der Waals surface area contributed by atoms with Gasteiger partial charge in [0, 0.05) is 18.3 Å². The third-order valence-corrected chi connectivity index (χ3v) is 6.62. The van der Waals surface area contributed by atoms with E-state index in [0.29, 0.717) is 23.4 Å². The van der Waals surface area contributed by atoms with Gasteiger partial charge in [0.15, 0.2) is 17.0 Å². The lowest BCUT2D eigenvalue weighted by Gasteiger charge is -2.15. The highest BCUT2D eigenvalue weighted by molar-refractivity contribution is 6.00. The first-order chi connectivity index (χ1) is 21.9.